The maximum atomic E-state index is 12.6. The van der Waals surface area contributed by atoms with E-state index in [-0.39, 0.29) is 27.2 Å². The molecule has 126 valence electrons. The van der Waals surface area contributed by atoms with Crippen molar-refractivity contribution >= 4 is 38.9 Å². The van der Waals surface area contributed by atoms with Gasteiger partial charge >= 0.3 is 0 Å². The fourth-order valence-electron chi connectivity index (χ4n) is 2.28. The third-order valence-corrected chi connectivity index (χ3v) is 5.41. The number of fused-ring (bicyclic) bond motifs is 1. The Kier molecular flexibility index (Phi) is 3.93. The van der Waals surface area contributed by atoms with E-state index in [0.717, 1.165) is 0 Å². The summed E-state index contributed by atoms with van der Waals surface area (Å²) in [6.07, 6.45) is 0. The van der Waals surface area contributed by atoms with Crippen LogP contribution in [0.2, 0.25) is 5.02 Å². The van der Waals surface area contributed by atoms with E-state index in [4.69, 9.17) is 16.3 Å². The average Bonchev–Trinajstić information content (AvgIpc) is 2.49. The molecule has 2 N–H and O–H groups in total. The molecule has 0 saturated carbocycles. The van der Waals surface area contributed by atoms with Crippen LogP contribution in [0.4, 0.5) is 11.4 Å². The van der Waals surface area contributed by atoms with E-state index < -0.39 is 15.6 Å². The maximum absolute atomic E-state index is 12.6. The number of para-hydroxylation sites is 1. The first-order valence-electron chi connectivity index (χ1n) is 7.11. The van der Waals surface area contributed by atoms with Crippen molar-refractivity contribution in [1.82, 2.24) is 0 Å². The van der Waals surface area contributed by atoms with Crippen LogP contribution in [-0.4, -0.2) is 19.9 Å². The molecule has 0 unspecified atom stereocenters. The second-order valence-corrected chi connectivity index (χ2v) is 7.84. The quantitative estimate of drug-likeness (QED) is 0.873. The predicted molar refractivity (Wildman–Crippen MR) is 92.0 cm³/mol. The normalized spacial score (nSPS) is 15.9. The van der Waals surface area contributed by atoms with Crippen molar-refractivity contribution in [2.75, 3.05) is 10.0 Å². The summed E-state index contributed by atoms with van der Waals surface area (Å²) in [6, 6.07) is 10.9. The number of ether oxygens (including phenoxy) is 1. The molecule has 0 radical (unpaired) electrons. The van der Waals surface area contributed by atoms with Gasteiger partial charge in [0.25, 0.3) is 15.9 Å². The van der Waals surface area contributed by atoms with Gasteiger partial charge in [-0.05, 0) is 38.1 Å². The van der Waals surface area contributed by atoms with Crippen molar-refractivity contribution in [3.8, 4) is 5.75 Å². The molecule has 6 nitrogen and oxygen atoms in total. The summed E-state index contributed by atoms with van der Waals surface area (Å²) >= 11 is 5.97. The summed E-state index contributed by atoms with van der Waals surface area (Å²) in [6.45, 7) is 3.26. The number of hydrogen-bond acceptors (Lipinski definition) is 4. The lowest BCUT2D eigenvalue weighted by molar-refractivity contribution is -0.129. The number of halogens is 1. The SMILES string of the molecule is CC1(C)Oc2cccc(NS(=O)(=O)c3ccccc3Cl)c2NC1=O. The molecule has 2 aromatic rings. The van der Waals surface area contributed by atoms with E-state index in [1.165, 1.54) is 18.2 Å². The van der Waals surface area contributed by atoms with Gasteiger partial charge in [0.15, 0.2) is 5.60 Å². The van der Waals surface area contributed by atoms with Crippen LogP contribution < -0.4 is 14.8 Å². The smallest absolute Gasteiger partial charge is 0.268 e. The van der Waals surface area contributed by atoms with Crippen LogP contribution >= 0.6 is 11.6 Å². The Balaban J connectivity index is 2.01. The summed E-state index contributed by atoms with van der Waals surface area (Å²) < 4.78 is 33.2. The second kappa shape index (κ2) is 5.68. The fourth-order valence-corrected chi connectivity index (χ4v) is 3.87. The number of rotatable bonds is 3. The lowest BCUT2D eigenvalue weighted by atomic mass is 10.1. The Hall–Kier alpha value is -2.25. The van der Waals surface area contributed by atoms with Crippen LogP contribution in [0.5, 0.6) is 5.75 Å². The van der Waals surface area contributed by atoms with Crippen LogP contribution in [0.1, 0.15) is 13.8 Å². The molecule has 1 heterocycles. The maximum Gasteiger partial charge on any atom is 0.268 e. The summed E-state index contributed by atoms with van der Waals surface area (Å²) in [5.41, 5.74) is -0.554. The Bertz CT molecular complexity index is 925. The zero-order chi connectivity index (χ0) is 17.5. The average molecular weight is 367 g/mol. The van der Waals surface area contributed by atoms with E-state index in [0.29, 0.717) is 5.75 Å². The van der Waals surface area contributed by atoms with Gasteiger partial charge in [-0.3, -0.25) is 9.52 Å². The van der Waals surface area contributed by atoms with Crippen LogP contribution in [0.25, 0.3) is 0 Å². The molecule has 0 fully saturated rings. The van der Waals surface area contributed by atoms with E-state index in [1.807, 2.05) is 0 Å². The molecule has 1 aliphatic heterocycles. The van der Waals surface area contributed by atoms with Gasteiger partial charge in [-0.1, -0.05) is 29.8 Å². The second-order valence-electron chi connectivity index (χ2n) is 5.78. The van der Waals surface area contributed by atoms with Crippen LogP contribution in [0.15, 0.2) is 47.4 Å². The van der Waals surface area contributed by atoms with E-state index in [9.17, 15) is 13.2 Å². The topological polar surface area (TPSA) is 84.5 Å². The van der Waals surface area contributed by atoms with Gasteiger partial charge in [0.2, 0.25) is 0 Å². The lowest BCUT2D eigenvalue weighted by Crippen LogP contribution is -2.45. The highest BCUT2D eigenvalue weighted by molar-refractivity contribution is 7.92. The molecule has 2 aromatic carbocycles. The molecule has 1 aliphatic rings. The zero-order valence-electron chi connectivity index (χ0n) is 13.0. The molecule has 0 aromatic heterocycles. The first kappa shape index (κ1) is 16.6. The van der Waals surface area contributed by atoms with Crippen molar-refractivity contribution in [2.45, 2.75) is 24.3 Å². The highest BCUT2D eigenvalue weighted by atomic mass is 35.5. The van der Waals surface area contributed by atoms with Crippen molar-refractivity contribution in [2.24, 2.45) is 0 Å². The monoisotopic (exact) mass is 366 g/mol. The van der Waals surface area contributed by atoms with E-state index in [2.05, 4.69) is 10.0 Å². The highest BCUT2D eigenvalue weighted by Gasteiger charge is 2.36. The van der Waals surface area contributed by atoms with Gasteiger partial charge < -0.3 is 10.1 Å². The first-order valence-corrected chi connectivity index (χ1v) is 8.98. The van der Waals surface area contributed by atoms with Gasteiger partial charge in [0, 0.05) is 0 Å². The molecule has 3 rings (SSSR count). The van der Waals surface area contributed by atoms with Gasteiger partial charge in [0.05, 0.1) is 10.7 Å². The number of sulfonamides is 1. The zero-order valence-corrected chi connectivity index (χ0v) is 14.5. The molecule has 0 spiro atoms. The largest absolute Gasteiger partial charge is 0.476 e. The van der Waals surface area contributed by atoms with Crippen molar-refractivity contribution < 1.29 is 17.9 Å². The molecular weight excluding hydrogens is 352 g/mol. The van der Waals surface area contributed by atoms with Crippen LogP contribution in [-0.2, 0) is 14.8 Å². The third kappa shape index (κ3) is 2.92. The lowest BCUT2D eigenvalue weighted by Gasteiger charge is -2.32. The van der Waals surface area contributed by atoms with Crippen LogP contribution in [0, 0.1) is 0 Å². The standard InChI is InChI=1S/C16H15ClN2O4S/c1-16(2)15(20)18-14-11(7-5-8-12(14)23-16)19-24(21,22)13-9-4-3-6-10(13)17/h3-9,19H,1-2H3,(H,18,20). The van der Waals surface area contributed by atoms with Crippen molar-refractivity contribution in [3.63, 3.8) is 0 Å². The number of carbonyl (C=O) groups excluding carboxylic acids is 1. The summed E-state index contributed by atoms with van der Waals surface area (Å²) in [7, 11) is -3.91. The molecule has 24 heavy (non-hydrogen) atoms. The molecule has 0 atom stereocenters. The number of amides is 1. The number of carbonyl (C=O) groups is 1. The molecular formula is C16H15ClN2O4S. The van der Waals surface area contributed by atoms with Crippen molar-refractivity contribution in [3.05, 3.63) is 47.5 Å². The molecule has 0 saturated heterocycles. The van der Waals surface area contributed by atoms with Crippen LogP contribution in [0.3, 0.4) is 0 Å². The number of benzene rings is 2. The Morgan fingerprint density at radius 3 is 2.54 bits per heavy atom. The van der Waals surface area contributed by atoms with Gasteiger partial charge in [0.1, 0.15) is 16.3 Å². The van der Waals surface area contributed by atoms with Gasteiger partial charge in [-0.25, -0.2) is 8.42 Å². The summed E-state index contributed by atoms with van der Waals surface area (Å²) in [5.74, 6) is 0.0263. The Morgan fingerprint density at radius 2 is 1.83 bits per heavy atom. The number of nitrogens with one attached hydrogen (secondary N) is 2. The molecule has 1 amide bonds. The Morgan fingerprint density at radius 1 is 1.12 bits per heavy atom. The molecule has 0 bridgehead atoms. The minimum absolute atomic E-state index is 0.0485. The van der Waals surface area contributed by atoms with E-state index >= 15 is 0 Å². The van der Waals surface area contributed by atoms with Crippen molar-refractivity contribution in [1.29, 1.82) is 0 Å². The van der Waals surface area contributed by atoms with Gasteiger partial charge in [-0.15, -0.1) is 0 Å². The minimum Gasteiger partial charge on any atom is -0.476 e. The number of anilines is 2. The highest BCUT2D eigenvalue weighted by Crippen LogP contribution is 2.39. The Labute approximate surface area is 144 Å². The predicted octanol–water partition coefficient (Wildman–Crippen LogP) is 3.25. The summed E-state index contributed by atoms with van der Waals surface area (Å²) in [4.78, 5) is 12.0. The summed E-state index contributed by atoms with van der Waals surface area (Å²) in [5, 5.41) is 2.79. The van der Waals surface area contributed by atoms with E-state index in [1.54, 1.807) is 38.1 Å². The minimum atomic E-state index is -3.91. The molecule has 8 heteroatoms. The number of hydrogen-bond donors (Lipinski definition) is 2. The third-order valence-electron chi connectivity index (χ3n) is 3.55. The first-order chi connectivity index (χ1) is 11.2. The molecule has 0 aliphatic carbocycles. The fraction of sp³-hybridized carbons (Fsp3) is 0.188. The van der Waals surface area contributed by atoms with Gasteiger partial charge in [-0.2, -0.15) is 0 Å².